The maximum Gasteiger partial charge on any atom is 0.471 e. The van der Waals surface area contributed by atoms with Crippen LogP contribution < -0.4 is 0 Å². The van der Waals surface area contributed by atoms with Crippen LogP contribution in [0.4, 0.5) is 22.0 Å². The number of rotatable bonds is 2. The quantitative estimate of drug-likeness (QED) is 0.790. The highest BCUT2D eigenvalue weighted by Crippen LogP contribution is 2.36. The van der Waals surface area contributed by atoms with Gasteiger partial charge in [0.1, 0.15) is 0 Å². The van der Waals surface area contributed by atoms with E-state index in [0.717, 1.165) is 0 Å². The van der Waals surface area contributed by atoms with Crippen molar-refractivity contribution in [3.63, 3.8) is 0 Å². The number of likely N-dealkylation sites (tertiary alicyclic amines) is 1. The molecule has 4 nitrogen and oxygen atoms in total. The van der Waals surface area contributed by atoms with Gasteiger partial charge in [-0.15, -0.1) is 0 Å². The van der Waals surface area contributed by atoms with Crippen LogP contribution in [0.5, 0.6) is 0 Å². The molecule has 1 unspecified atom stereocenters. The average Bonchev–Trinajstić information content (AvgIpc) is 2.37. The zero-order valence-electron chi connectivity index (χ0n) is 9.71. The molecule has 1 N–H and O–H groups in total. The molecule has 1 fully saturated rings. The van der Waals surface area contributed by atoms with E-state index in [0.29, 0.717) is 4.90 Å². The minimum absolute atomic E-state index is 0.301. The van der Waals surface area contributed by atoms with E-state index < -0.39 is 62.2 Å². The molecule has 0 aromatic heterocycles. The molecular weight excluding hydrogens is 277 g/mol. The summed E-state index contributed by atoms with van der Waals surface area (Å²) in [5.74, 6) is -8.56. The van der Waals surface area contributed by atoms with Crippen molar-refractivity contribution in [2.45, 2.75) is 31.4 Å². The van der Waals surface area contributed by atoms with Gasteiger partial charge in [0.15, 0.2) is 0 Å². The monoisotopic (exact) mass is 289 g/mol. The van der Waals surface area contributed by atoms with E-state index in [9.17, 15) is 31.5 Å². The Bertz CT molecular complexity index is 369. The summed E-state index contributed by atoms with van der Waals surface area (Å²) in [5, 5.41) is 8.50. The lowest BCUT2D eigenvalue weighted by atomic mass is 9.93. The van der Waals surface area contributed by atoms with Crippen molar-refractivity contribution in [1.29, 1.82) is 0 Å². The average molecular weight is 289 g/mol. The zero-order valence-corrected chi connectivity index (χ0v) is 9.71. The van der Waals surface area contributed by atoms with Crippen molar-refractivity contribution >= 4 is 11.9 Å². The second-order valence-corrected chi connectivity index (χ2v) is 4.38. The number of carbonyl (C=O) groups excluding carboxylic acids is 1. The first-order valence-corrected chi connectivity index (χ1v) is 5.50. The Morgan fingerprint density at radius 3 is 2.32 bits per heavy atom. The molecule has 1 aliphatic heterocycles. The van der Waals surface area contributed by atoms with E-state index in [1.54, 1.807) is 0 Å². The summed E-state index contributed by atoms with van der Waals surface area (Å²) in [4.78, 5) is 21.7. The summed E-state index contributed by atoms with van der Waals surface area (Å²) in [5.41, 5.74) is 0. The molecule has 1 amide bonds. The van der Waals surface area contributed by atoms with Gasteiger partial charge in [-0.1, -0.05) is 0 Å². The first-order valence-electron chi connectivity index (χ1n) is 5.50. The third-order valence-corrected chi connectivity index (χ3v) is 3.01. The van der Waals surface area contributed by atoms with Crippen LogP contribution in [-0.4, -0.2) is 47.1 Å². The van der Waals surface area contributed by atoms with Crippen LogP contribution in [0.1, 0.15) is 19.3 Å². The van der Waals surface area contributed by atoms with Crippen molar-refractivity contribution in [2.24, 2.45) is 5.92 Å². The maximum absolute atomic E-state index is 13.5. The highest BCUT2D eigenvalue weighted by molar-refractivity contribution is 5.81. The molecule has 0 bridgehead atoms. The normalized spacial score (nSPS) is 23.8. The molecule has 0 radical (unpaired) electrons. The topological polar surface area (TPSA) is 57.6 Å². The van der Waals surface area contributed by atoms with E-state index in [1.807, 2.05) is 0 Å². The van der Waals surface area contributed by atoms with Gasteiger partial charge in [0.2, 0.25) is 0 Å². The molecular formula is C10H12F5NO3. The minimum Gasteiger partial charge on any atom is -0.481 e. The Morgan fingerprint density at radius 1 is 1.26 bits per heavy atom. The fraction of sp³-hybridized carbons (Fsp3) is 0.800. The van der Waals surface area contributed by atoms with Crippen LogP contribution in [0.2, 0.25) is 0 Å². The number of amides is 1. The minimum atomic E-state index is -5.11. The standard InChI is InChI=1S/C10H12F5NO3/c11-9(12)2-4-16(8(19)10(13,14)15)3-1-6(9)5-7(17)18/h6H,1-5H2,(H,17,18). The van der Waals surface area contributed by atoms with Crippen molar-refractivity contribution in [3.8, 4) is 0 Å². The third-order valence-electron chi connectivity index (χ3n) is 3.01. The van der Waals surface area contributed by atoms with Crippen molar-refractivity contribution in [3.05, 3.63) is 0 Å². The fourth-order valence-electron chi connectivity index (χ4n) is 1.97. The number of aliphatic carboxylic acids is 1. The lowest BCUT2D eigenvalue weighted by Gasteiger charge is -2.22. The molecule has 1 rings (SSSR count). The molecule has 1 aliphatic rings. The molecule has 1 atom stereocenters. The number of hydrogen-bond acceptors (Lipinski definition) is 2. The number of nitrogens with zero attached hydrogens (tertiary/aromatic N) is 1. The van der Waals surface area contributed by atoms with Gasteiger partial charge < -0.3 is 10.0 Å². The first-order chi connectivity index (χ1) is 8.54. The summed E-state index contributed by atoms with van der Waals surface area (Å²) >= 11 is 0. The Labute approximate surface area is 105 Å². The van der Waals surface area contributed by atoms with E-state index in [-0.39, 0.29) is 0 Å². The highest BCUT2D eigenvalue weighted by Gasteiger charge is 2.47. The van der Waals surface area contributed by atoms with Gasteiger partial charge >= 0.3 is 18.1 Å². The van der Waals surface area contributed by atoms with E-state index in [2.05, 4.69) is 0 Å². The molecule has 0 aliphatic carbocycles. The number of alkyl halides is 5. The molecule has 0 aromatic rings. The number of carbonyl (C=O) groups is 2. The van der Waals surface area contributed by atoms with Crippen molar-refractivity contribution in [2.75, 3.05) is 13.1 Å². The van der Waals surface area contributed by atoms with Crippen LogP contribution in [0.25, 0.3) is 0 Å². The predicted molar refractivity (Wildman–Crippen MR) is 52.6 cm³/mol. The van der Waals surface area contributed by atoms with E-state index in [4.69, 9.17) is 5.11 Å². The molecule has 1 saturated heterocycles. The maximum atomic E-state index is 13.5. The van der Waals surface area contributed by atoms with Gasteiger partial charge in [0.25, 0.3) is 5.92 Å². The molecule has 110 valence electrons. The molecule has 0 spiro atoms. The van der Waals surface area contributed by atoms with Gasteiger partial charge in [0, 0.05) is 25.4 Å². The van der Waals surface area contributed by atoms with Crippen LogP contribution in [0, 0.1) is 5.92 Å². The summed E-state index contributed by atoms with van der Waals surface area (Å²) in [6, 6.07) is 0. The van der Waals surface area contributed by atoms with Gasteiger partial charge in [-0.2, -0.15) is 13.2 Å². The number of carboxylic acid groups (broad SMARTS) is 1. The van der Waals surface area contributed by atoms with Crippen LogP contribution in [0.15, 0.2) is 0 Å². The van der Waals surface area contributed by atoms with Gasteiger partial charge in [-0.25, -0.2) is 8.78 Å². The zero-order chi connectivity index (χ0) is 14.8. The largest absolute Gasteiger partial charge is 0.481 e. The smallest absolute Gasteiger partial charge is 0.471 e. The highest BCUT2D eigenvalue weighted by atomic mass is 19.4. The predicted octanol–water partition coefficient (Wildman–Crippen LogP) is 1.90. The van der Waals surface area contributed by atoms with Gasteiger partial charge in [0.05, 0.1) is 6.42 Å². The van der Waals surface area contributed by atoms with Crippen LogP contribution in [-0.2, 0) is 9.59 Å². The van der Waals surface area contributed by atoms with Crippen LogP contribution in [0.3, 0.4) is 0 Å². The molecule has 9 heteroatoms. The van der Waals surface area contributed by atoms with Crippen molar-refractivity contribution < 1.29 is 36.6 Å². The summed E-state index contributed by atoms with van der Waals surface area (Å²) in [6.07, 6.45) is -7.38. The number of hydrogen-bond donors (Lipinski definition) is 1. The lowest BCUT2D eigenvalue weighted by Crippen LogP contribution is -2.41. The Balaban J connectivity index is 2.78. The van der Waals surface area contributed by atoms with Gasteiger partial charge in [-0.05, 0) is 6.42 Å². The van der Waals surface area contributed by atoms with E-state index in [1.165, 1.54) is 0 Å². The number of halogens is 5. The van der Waals surface area contributed by atoms with Crippen molar-refractivity contribution in [1.82, 2.24) is 4.90 Å². The first kappa shape index (κ1) is 15.6. The third kappa shape index (κ3) is 4.03. The summed E-state index contributed by atoms with van der Waals surface area (Å²) < 4.78 is 63.7. The molecule has 19 heavy (non-hydrogen) atoms. The van der Waals surface area contributed by atoms with Crippen LogP contribution >= 0.6 is 0 Å². The second-order valence-electron chi connectivity index (χ2n) is 4.38. The Hall–Kier alpha value is -1.41. The molecule has 0 aromatic carbocycles. The summed E-state index contributed by atoms with van der Waals surface area (Å²) in [6.45, 7) is -1.26. The Morgan fingerprint density at radius 2 is 1.84 bits per heavy atom. The molecule has 0 saturated carbocycles. The summed E-state index contributed by atoms with van der Waals surface area (Å²) in [7, 11) is 0. The molecule has 1 heterocycles. The SMILES string of the molecule is O=C(O)CC1CCN(C(=O)C(F)(F)F)CCC1(F)F. The van der Waals surface area contributed by atoms with E-state index >= 15 is 0 Å². The second kappa shape index (κ2) is 5.30. The number of carboxylic acids is 1. The Kier molecular flexibility index (Phi) is 4.36. The fourth-order valence-corrected chi connectivity index (χ4v) is 1.97. The van der Waals surface area contributed by atoms with Gasteiger partial charge in [-0.3, -0.25) is 9.59 Å². The lowest BCUT2D eigenvalue weighted by molar-refractivity contribution is -0.185.